The number of hydrogen-bond donors (Lipinski definition) is 6. The summed E-state index contributed by atoms with van der Waals surface area (Å²) in [6, 6.07) is -0.831. The van der Waals surface area contributed by atoms with Crippen LogP contribution in [0.4, 0.5) is 0 Å². The molecule has 9 heteroatoms. The third kappa shape index (κ3) is 42.2. The normalized spacial score (nSPS) is 19.7. The second kappa shape index (κ2) is 52.8. The predicted octanol–water partition coefficient (Wildman–Crippen LogP) is 15.4. The van der Waals surface area contributed by atoms with Crippen LogP contribution in [0.5, 0.6) is 0 Å². The molecule has 422 valence electrons. The Bertz CT molecular complexity index is 1420. The zero-order valence-electron chi connectivity index (χ0n) is 46.9. The lowest BCUT2D eigenvalue weighted by molar-refractivity contribution is -0.302. The van der Waals surface area contributed by atoms with Crippen LogP contribution < -0.4 is 5.32 Å². The Morgan fingerprint density at radius 2 is 0.863 bits per heavy atom. The van der Waals surface area contributed by atoms with E-state index >= 15 is 0 Å². The monoisotopic (exact) mass is 1020 g/mol. The van der Waals surface area contributed by atoms with Crippen molar-refractivity contribution in [2.24, 2.45) is 0 Å². The molecule has 7 unspecified atom stereocenters. The minimum absolute atomic E-state index is 0.194. The molecule has 0 aromatic carbocycles. The zero-order chi connectivity index (χ0) is 52.9. The number of aliphatic hydroxyl groups excluding tert-OH is 5. The Hall–Kier alpha value is -2.63. The summed E-state index contributed by atoms with van der Waals surface area (Å²) in [7, 11) is 0. The molecule has 1 aliphatic rings. The van der Waals surface area contributed by atoms with Gasteiger partial charge in [0.05, 0.1) is 25.4 Å². The van der Waals surface area contributed by atoms with Crippen molar-refractivity contribution in [3.8, 4) is 0 Å². The lowest BCUT2D eigenvalue weighted by Gasteiger charge is -2.40. The fourth-order valence-electron chi connectivity index (χ4n) is 9.20. The van der Waals surface area contributed by atoms with Gasteiger partial charge in [0.2, 0.25) is 5.91 Å². The molecule has 0 saturated carbocycles. The quantitative estimate of drug-likeness (QED) is 0.0261. The number of aliphatic hydroxyl groups is 5. The summed E-state index contributed by atoms with van der Waals surface area (Å²) in [5.74, 6) is -0.194. The Morgan fingerprint density at radius 1 is 0.479 bits per heavy atom. The van der Waals surface area contributed by atoms with Gasteiger partial charge >= 0.3 is 0 Å². The molecule has 0 aromatic rings. The summed E-state index contributed by atoms with van der Waals surface area (Å²) >= 11 is 0. The van der Waals surface area contributed by atoms with Crippen molar-refractivity contribution in [3.63, 3.8) is 0 Å². The van der Waals surface area contributed by atoms with Gasteiger partial charge in [-0.3, -0.25) is 4.79 Å². The van der Waals surface area contributed by atoms with Gasteiger partial charge in [0.15, 0.2) is 6.29 Å². The summed E-state index contributed by atoms with van der Waals surface area (Å²) in [6.45, 7) is 3.66. The molecule has 73 heavy (non-hydrogen) atoms. The number of carbonyl (C=O) groups is 1. The maximum atomic E-state index is 13.1. The molecular weight excluding hydrogens is 911 g/mol. The van der Waals surface area contributed by atoms with Crippen molar-refractivity contribution in [1.29, 1.82) is 0 Å². The fraction of sp³-hybridized carbons (Fsp3) is 0.766. The van der Waals surface area contributed by atoms with Crippen LogP contribution in [-0.2, 0) is 14.3 Å². The maximum absolute atomic E-state index is 13.1. The molecule has 6 N–H and O–H groups in total. The number of amides is 1. The van der Waals surface area contributed by atoms with E-state index in [1.54, 1.807) is 6.08 Å². The summed E-state index contributed by atoms with van der Waals surface area (Å²) in [5.41, 5.74) is 0. The molecule has 1 fully saturated rings. The van der Waals surface area contributed by atoms with Crippen LogP contribution in [0.1, 0.15) is 258 Å². The van der Waals surface area contributed by atoms with Gasteiger partial charge in [-0.1, -0.05) is 259 Å². The predicted molar refractivity (Wildman–Crippen MR) is 308 cm³/mol. The Labute approximate surface area is 448 Å². The lowest BCUT2D eigenvalue weighted by atomic mass is 9.99. The average Bonchev–Trinajstić information content (AvgIpc) is 3.39. The first kappa shape index (κ1) is 68.4. The van der Waals surface area contributed by atoms with Crippen LogP contribution in [0, 0.1) is 0 Å². The first-order valence-electron chi connectivity index (χ1n) is 30.3. The van der Waals surface area contributed by atoms with Crippen LogP contribution in [0.3, 0.4) is 0 Å². The number of ether oxygens (including phenoxy) is 2. The lowest BCUT2D eigenvalue weighted by Crippen LogP contribution is -2.60. The largest absolute Gasteiger partial charge is 0.394 e. The van der Waals surface area contributed by atoms with Crippen molar-refractivity contribution < 1.29 is 39.8 Å². The fourth-order valence-corrected chi connectivity index (χ4v) is 9.20. The summed E-state index contributed by atoms with van der Waals surface area (Å²) in [4.78, 5) is 13.1. The van der Waals surface area contributed by atoms with E-state index in [1.807, 2.05) is 6.08 Å². The van der Waals surface area contributed by atoms with E-state index in [0.717, 1.165) is 83.5 Å². The van der Waals surface area contributed by atoms with Gasteiger partial charge in [0, 0.05) is 6.42 Å². The Morgan fingerprint density at radius 3 is 1.32 bits per heavy atom. The summed E-state index contributed by atoms with van der Waals surface area (Å²) < 4.78 is 11.3. The average molecular weight is 1020 g/mol. The van der Waals surface area contributed by atoms with Crippen LogP contribution in [-0.4, -0.2) is 87.5 Å². The van der Waals surface area contributed by atoms with Crippen molar-refractivity contribution in [1.82, 2.24) is 5.32 Å². The zero-order valence-corrected chi connectivity index (χ0v) is 46.9. The molecule has 0 bridgehead atoms. The topological polar surface area (TPSA) is 149 Å². The number of carbonyl (C=O) groups excluding carboxylic acids is 1. The van der Waals surface area contributed by atoms with Crippen molar-refractivity contribution in [3.05, 3.63) is 85.1 Å². The molecule has 9 nitrogen and oxygen atoms in total. The smallest absolute Gasteiger partial charge is 0.220 e. The van der Waals surface area contributed by atoms with Gasteiger partial charge < -0.3 is 40.3 Å². The third-order valence-electron chi connectivity index (χ3n) is 14.0. The van der Waals surface area contributed by atoms with E-state index in [1.165, 1.54) is 154 Å². The second-order valence-electron chi connectivity index (χ2n) is 20.8. The summed E-state index contributed by atoms with van der Waals surface area (Å²) in [5, 5.41) is 54.6. The van der Waals surface area contributed by atoms with Gasteiger partial charge in [0.1, 0.15) is 24.4 Å². The highest BCUT2D eigenvalue weighted by Crippen LogP contribution is 2.23. The molecule has 1 rings (SSSR count). The van der Waals surface area contributed by atoms with Gasteiger partial charge in [-0.25, -0.2) is 0 Å². The van der Waals surface area contributed by atoms with E-state index < -0.39 is 49.5 Å². The van der Waals surface area contributed by atoms with E-state index in [0.29, 0.717) is 6.42 Å². The highest BCUT2D eigenvalue weighted by atomic mass is 16.7. The molecular formula is C64H113NO8. The van der Waals surface area contributed by atoms with Crippen LogP contribution >= 0.6 is 0 Å². The van der Waals surface area contributed by atoms with Gasteiger partial charge in [-0.15, -0.1) is 0 Å². The number of hydrogen-bond acceptors (Lipinski definition) is 8. The van der Waals surface area contributed by atoms with Crippen molar-refractivity contribution in [2.45, 2.75) is 301 Å². The van der Waals surface area contributed by atoms with E-state index in [4.69, 9.17) is 9.47 Å². The molecule has 7 atom stereocenters. The van der Waals surface area contributed by atoms with Crippen LogP contribution in [0.25, 0.3) is 0 Å². The molecule has 1 amide bonds. The van der Waals surface area contributed by atoms with Crippen molar-refractivity contribution in [2.75, 3.05) is 13.2 Å². The molecule has 1 saturated heterocycles. The van der Waals surface area contributed by atoms with Crippen LogP contribution in [0.2, 0.25) is 0 Å². The first-order valence-corrected chi connectivity index (χ1v) is 30.3. The highest BCUT2D eigenvalue weighted by molar-refractivity contribution is 5.76. The van der Waals surface area contributed by atoms with Gasteiger partial charge in [-0.05, 0) is 77.0 Å². The van der Waals surface area contributed by atoms with Gasteiger partial charge in [0.25, 0.3) is 0 Å². The summed E-state index contributed by atoms with van der Waals surface area (Å²) in [6.07, 6.45) is 67.9. The first-order chi connectivity index (χ1) is 35.8. The molecule has 0 aromatic heterocycles. The standard InChI is InChI=1S/C64H113NO8/c1-3-5-7-9-11-13-15-17-19-21-23-25-27-29-31-33-35-37-39-41-43-45-47-49-51-53-58(67)57(56-72-64-63(71)62(70)61(69)59(55-66)73-64)65-60(68)54-52-50-48-46-44-42-40-38-36-34-32-30-28-26-24-22-20-18-16-14-12-10-8-6-4-2/h6,8,12,14,18,20,24,26,30,32,43,45,51,53,57-59,61-64,66-67,69-71H,3-5,7,9-11,13,15-17,19,21-23,25,27-29,31,33-42,44,46-50,52,54-56H2,1-2H3,(H,65,68)/b8-6-,14-12-,20-18-,26-24-,32-30-,45-43+,53-51+. The van der Waals surface area contributed by atoms with Crippen molar-refractivity contribution >= 4 is 5.91 Å². The molecule has 1 heterocycles. The van der Waals surface area contributed by atoms with E-state index in [-0.39, 0.29) is 12.5 Å². The minimum atomic E-state index is -1.58. The number of nitrogens with one attached hydrogen (secondary N) is 1. The number of unbranched alkanes of at least 4 members (excludes halogenated alkanes) is 29. The Kier molecular flexibility index (Phi) is 49.5. The third-order valence-corrected chi connectivity index (χ3v) is 14.0. The second-order valence-corrected chi connectivity index (χ2v) is 20.8. The van der Waals surface area contributed by atoms with Gasteiger partial charge in [-0.2, -0.15) is 0 Å². The minimum Gasteiger partial charge on any atom is -0.394 e. The van der Waals surface area contributed by atoms with Crippen LogP contribution in [0.15, 0.2) is 85.1 Å². The SMILES string of the molecule is CC/C=C\C/C=C\C/C=C\C/C=C\C/C=C\CCCCCCCCCCCC(=O)NC(COC1OC(CO)C(O)C(O)C1O)C(O)/C=C/CC/C=C/CCCCCCCCCCCCCCCCCCCCC. The number of allylic oxidation sites excluding steroid dienone is 13. The molecule has 1 aliphatic heterocycles. The Balaban J connectivity index is 2.24. The maximum Gasteiger partial charge on any atom is 0.220 e. The van der Waals surface area contributed by atoms with E-state index in [2.05, 4.69) is 92.1 Å². The highest BCUT2D eigenvalue weighted by Gasteiger charge is 2.44. The molecule has 0 radical (unpaired) electrons. The molecule has 0 aliphatic carbocycles. The number of rotatable bonds is 51. The van der Waals surface area contributed by atoms with E-state index in [9.17, 15) is 30.3 Å². The molecule has 0 spiro atoms.